The minimum absolute atomic E-state index is 0.0301. The number of hydrogen-bond donors (Lipinski definition) is 2. The highest BCUT2D eigenvalue weighted by Crippen LogP contribution is 2.32. The van der Waals surface area contributed by atoms with Crippen LogP contribution in [-0.4, -0.2) is 70.0 Å². The van der Waals surface area contributed by atoms with E-state index in [4.69, 9.17) is 18.6 Å². The monoisotopic (exact) mass is 598 g/mol. The summed E-state index contributed by atoms with van der Waals surface area (Å²) in [6, 6.07) is 12.9. The Morgan fingerprint density at radius 1 is 1.12 bits per heavy atom. The van der Waals surface area contributed by atoms with E-state index in [9.17, 15) is 23.1 Å². The van der Waals surface area contributed by atoms with Crippen LogP contribution in [0.25, 0.3) is 11.0 Å². The van der Waals surface area contributed by atoms with Crippen molar-refractivity contribution < 1.29 is 36.9 Å². The highest BCUT2D eigenvalue weighted by molar-refractivity contribution is 7.89. The van der Waals surface area contributed by atoms with Gasteiger partial charge in [0, 0.05) is 37.5 Å². The molecule has 0 spiro atoms. The molecule has 1 fully saturated rings. The van der Waals surface area contributed by atoms with Gasteiger partial charge in [0.05, 0.1) is 36.9 Å². The maximum atomic E-state index is 13.3. The summed E-state index contributed by atoms with van der Waals surface area (Å²) >= 11 is 0. The fourth-order valence-corrected chi connectivity index (χ4v) is 6.19. The molecule has 42 heavy (non-hydrogen) atoms. The zero-order chi connectivity index (χ0) is 29.7. The van der Waals surface area contributed by atoms with Crippen LogP contribution >= 0.6 is 0 Å². The third-order valence-electron chi connectivity index (χ3n) is 7.33. The zero-order valence-electron chi connectivity index (χ0n) is 23.2. The van der Waals surface area contributed by atoms with E-state index in [1.807, 2.05) is 0 Å². The van der Waals surface area contributed by atoms with Gasteiger partial charge in [-0.2, -0.15) is 4.31 Å². The molecule has 2 N–H and O–H groups in total. The largest absolute Gasteiger partial charge is 0.497 e. The summed E-state index contributed by atoms with van der Waals surface area (Å²) in [5, 5.41) is 12.8. The number of carbonyl (C=O) groups is 1. The molecular weight excluding hydrogens is 564 g/mol. The van der Waals surface area contributed by atoms with Gasteiger partial charge in [0.1, 0.15) is 11.3 Å². The Balaban J connectivity index is 1.32. The molecule has 0 bridgehead atoms. The summed E-state index contributed by atoms with van der Waals surface area (Å²) in [6.07, 6.45) is 4.40. The van der Waals surface area contributed by atoms with Gasteiger partial charge >= 0.3 is 0 Å². The van der Waals surface area contributed by atoms with Crippen molar-refractivity contribution in [1.82, 2.24) is 9.62 Å². The summed E-state index contributed by atoms with van der Waals surface area (Å²) in [4.78, 5) is 26.3. The van der Waals surface area contributed by atoms with Crippen molar-refractivity contribution >= 4 is 26.9 Å². The number of sulfonamides is 1. The summed E-state index contributed by atoms with van der Waals surface area (Å²) in [7, 11) is -2.45. The average molecular weight is 599 g/mol. The highest BCUT2D eigenvalue weighted by atomic mass is 32.2. The van der Waals surface area contributed by atoms with E-state index in [1.165, 1.54) is 25.5 Å². The second-order valence-corrected chi connectivity index (χ2v) is 12.2. The molecule has 12 heteroatoms. The molecule has 11 nitrogen and oxygen atoms in total. The van der Waals surface area contributed by atoms with E-state index >= 15 is 0 Å². The van der Waals surface area contributed by atoms with Crippen LogP contribution < -0.4 is 15.5 Å². The molecule has 2 atom stereocenters. The van der Waals surface area contributed by atoms with Crippen molar-refractivity contribution in [2.24, 2.45) is 5.92 Å². The van der Waals surface area contributed by atoms with E-state index in [0.29, 0.717) is 34.7 Å². The average Bonchev–Trinajstić information content (AvgIpc) is 3.84. The Hall–Kier alpha value is -3.71. The second kappa shape index (κ2) is 13.1. The molecule has 1 amide bonds. The summed E-state index contributed by atoms with van der Waals surface area (Å²) in [5.41, 5.74) is 0.609. The molecule has 2 aliphatic rings. The number of nitrogens with zero attached hydrogens (tertiary/aromatic N) is 1. The Labute approximate surface area is 243 Å². The quantitative estimate of drug-likeness (QED) is 0.303. The van der Waals surface area contributed by atoms with Gasteiger partial charge in [-0.1, -0.05) is 12.1 Å². The van der Waals surface area contributed by atoms with Gasteiger partial charge in [0.15, 0.2) is 11.2 Å². The predicted molar refractivity (Wildman–Crippen MR) is 153 cm³/mol. The number of hydrogen-bond acceptors (Lipinski definition) is 9. The van der Waals surface area contributed by atoms with Gasteiger partial charge in [-0.15, -0.1) is 0 Å². The first-order valence-corrected chi connectivity index (χ1v) is 15.3. The van der Waals surface area contributed by atoms with Crippen LogP contribution in [0.5, 0.6) is 5.75 Å². The van der Waals surface area contributed by atoms with Crippen LogP contribution in [0.1, 0.15) is 30.7 Å². The van der Waals surface area contributed by atoms with Gasteiger partial charge in [0.2, 0.25) is 16.3 Å². The van der Waals surface area contributed by atoms with E-state index in [-0.39, 0.29) is 48.8 Å². The topological polar surface area (TPSA) is 145 Å². The Morgan fingerprint density at radius 3 is 2.60 bits per heavy atom. The van der Waals surface area contributed by atoms with E-state index in [0.717, 1.165) is 17.1 Å². The van der Waals surface area contributed by atoms with Gasteiger partial charge in [-0.05, 0) is 61.2 Å². The lowest BCUT2D eigenvalue weighted by Crippen LogP contribution is -2.38. The first-order chi connectivity index (χ1) is 20.3. The lowest BCUT2D eigenvalue weighted by molar-refractivity contribution is -0.146. The lowest BCUT2D eigenvalue weighted by Gasteiger charge is -2.30. The number of nitrogens with one attached hydrogen (secondary N) is 1. The van der Waals surface area contributed by atoms with Crippen LogP contribution in [0, 0.1) is 5.92 Å². The summed E-state index contributed by atoms with van der Waals surface area (Å²) < 4.78 is 50.2. The third kappa shape index (κ3) is 6.84. The Kier molecular flexibility index (Phi) is 9.27. The second-order valence-electron chi connectivity index (χ2n) is 10.3. The number of para-hydroxylation sites is 1. The molecule has 224 valence electrons. The van der Waals surface area contributed by atoms with Gasteiger partial charge in [0.25, 0.3) is 5.91 Å². The summed E-state index contributed by atoms with van der Waals surface area (Å²) in [5.74, 6) is 0.0545. The molecule has 2 aromatic carbocycles. The van der Waals surface area contributed by atoms with Crippen LogP contribution in [0.15, 0.2) is 80.7 Å². The van der Waals surface area contributed by atoms with Crippen LogP contribution in [-0.2, 0) is 24.3 Å². The number of allylic oxidation sites excluding steroid dienone is 1. The van der Waals surface area contributed by atoms with Gasteiger partial charge in [-0.3, -0.25) is 9.59 Å². The molecule has 3 aromatic rings. The maximum absolute atomic E-state index is 13.3. The molecule has 2 unspecified atom stereocenters. The van der Waals surface area contributed by atoms with Crippen LogP contribution in [0.3, 0.4) is 0 Å². The number of fused-ring (bicyclic) bond motifs is 1. The van der Waals surface area contributed by atoms with Gasteiger partial charge < -0.3 is 29.1 Å². The molecule has 0 radical (unpaired) electrons. The number of ether oxygens (including phenoxy) is 3. The van der Waals surface area contributed by atoms with E-state index < -0.39 is 28.1 Å². The predicted octanol–water partition coefficient (Wildman–Crippen LogP) is 2.74. The normalized spacial score (nSPS) is 18.9. The van der Waals surface area contributed by atoms with Crippen LogP contribution in [0.4, 0.5) is 0 Å². The maximum Gasteiger partial charge on any atom is 0.286 e. The molecule has 0 saturated heterocycles. The minimum Gasteiger partial charge on any atom is -0.497 e. The number of aliphatic hydroxyl groups excluding tert-OH is 1. The van der Waals surface area contributed by atoms with E-state index in [1.54, 1.807) is 42.5 Å². The fourth-order valence-electron chi connectivity index (χ4n) is 4.78. The standard InChI is InChI=1S/C30H34N2O9S/c1-38-22-8-10-23(11-9-22)42(36,37)32(12-14-33)13-15-39-28-17-21(16-27(41-28)30(35)31-18-20-6-7-20)25-19-40-26-5-3-2-4-24(26)29(25)34/h2-5,8-11,16,19-21,28,33H,6-7,12-15,17-18H2,1H3,(H,31,35). The van der Waals surface area contributed by atoms with Crippen molar-refractivity contribution in [3.05, 3.63) is 82.4 Å². The number of methoxy groups -OCH3 is 1. The van der Waals surface area contributed by atoms with Crippen LogP contribution in [0.2, 0.25) is 0 Å². The first-order valence-electron chi connectivity index (χ1n) is 13.8. The Bertz CT molecular complexity index is 1600. The Morgan fingerprint density at radius 2 is 1.88 bits per heavy atom. The van der Waals surface area contributed by atoms with Gasteiger partial charge in [-0.25, -0.2) is 8.42 Å². The number of benzene rings is 2. The fraction of sp³-hybridized carbons (Fsp3) is 0.400. The molecule has 1 saturated carbocycles. The molecule has 2 heterocycles. The first kappa shape index (κ1) is 29.8. The van der Waals surface area contributed by atoms with Crippen molar-refractivity contribution in [3.8, 4) is 5.75 Å². The number of carbonyl (C=O) groups excluding carboxylic acids is 1. The van der Waals surface area contributed by atoms with Crippen molar-refractivity contribution in [2.45, 2.75) is 36.4 Å². The molecule has 1 aliphatic carbocycles. The number of rotatable bonds is 13. The van der Waals surface area contributed by atoms with Crippen molar-refractivity contribution in [3.63, 3.8) is 0 Å². The smallest absolute Gasteiger partial charge is 0.286 e. The SMILES string of the molecule is COc1ccc(S(=O)(=O)N(CCO)CCOC2CC(c3coc4ccccc4c3=O)C=C(C(=O)NCC3CC3)O2)cc1. The lowest BCUT2D eigenvalue weighted by atomic mass is 9.93. The molecule has 5 rings (SSSR count). The number of amides is 1. The summed E-state index contributed by atoms with van der Waals surface area (Å²) in [6.45, 7) is -0.157. The highest BCUT2D eigenvalue weighted by Gasteiger charge is 2.32. The van der Waals surface area contributed by atoms with Crippen molar-refractivity contribution in [2.75, 3.05) is 40.0 Å². The van der Waals surface area contributed by atoms with E-state index in [2.05, 4.69) is 5.32 Å². The third-order valence-corrected chi connectivity index (χ3v) is 9.24. The molecule has 1 aromatic heterocycles. The molecular formula is C30H34N2O9S. The molecule has 1 aliphatic heterocycles. The van der Waals surface area contributed by atoms with Crippen molar-refractivity contribution in [1.29, 1.82) is 0 Å². The zero-order valence-corrected chi connectivity index (χ0v) is 24.0. The minimum atomic E-state index is -3.94. The number of aliphatic hydroxyl groups is 1.